The highest BCUT2D eigenvalue weighted by Gasteiger charge is 2.15. The van der Waals surface area contributed by atoms with Crippen LogP contribution in [0.3, 0.4) is 0 Å². The normalized spacial score (nSPS) is 15.0. The predicted molar refractivity (Wildman–Crippen MR) is 85.3 cm³/mol. The molecule has 0 unspecified atom stereocenters. The molecule has 1 saturated carbocycles. The van der Waals surface area contributed by atoms with Gasteiger partial charge in [-0.25, -0.2) is 0 Å². The van der Waals surface area contributed by atoms with Gasteiger partial charge in [0, 0.05) is 15.8 Å². The second-order valence-electron chi connectivity index (χ2n) is 5.28. The summed E-state index contributed by atoms with van der Waals surface area (Å²) in [6.07, 6.45) is 5.46. The molecule has 0 atom stereocenters. The van der Waals surface area contributed by atoms with Crippen molar-refractivity contribution in [1.29, 1.82) is 5.26 Å². The third-order valence-corrected chi connectivity index (χ3v) is 5.05. The third kappa shape index (κ3) is 3.83. The Balaban J connectivity index is 1.53. The number of benzene rings is 1. The van der Waals surface area contributed by atoms with Crippen molar-refractivity contribution in [3.05, 3.63) is 47.9 Å². The quantitative estimate of drug-likeness (QED) is 0.861. The molecule has 1 aromatic heterocycles. The number of rotatable bonds is 5. The van der Waals surface area contributed by atoms with E-state index in [1.54, 1.807) is 6.07 Å². The Morgan fingerprint density at radius 2 is 1.90 bits per heavy atom. The smallest absolute Gasteiger partial charge is 0.203 e. The van der Waals surface area contributed by atoms with Gasteiger partial charge in [-0.05, 0) is 49.2 Å². The summed E-state index contributed by atoms with van der Waals surface area (Å²) in [5.41, 5.74) is 1.07. The lowest BCUT2D eigenvalue weighted by Gasteiger charge is -2.10. The molecule has 1 N–H and O–H groups in total. The molecule has 1 aliphatic carbocycles. The predicted octanol–water partition coefficient (Wildman–Crippen LogP) is 4.80. The Kier molecular flexibility index (Phi) is 4.52. The molecule has 0 spiro atoms. The number of hydrogen-bond acceptors (Lipinski definition) is 4. The fraction of sp³-hybridized carbons (Fsp3) is 0.353. The van der Waals surface area contributed by atoms with Crippen molar-refractivity contribution in [3.8, 4) is 6.07 Å². The monoisotopic (exact) mass is 298 g/mol. The van der Waals surface area contributed by atoms with Crippen LogP contribution in [0.2, 0.25) is 0 Å². The number of nitrogens with zero attached hydrogens (tertiary/aromatic N) is 1. The Morgan fingerprint density at radius 3 is 2.57 bits per heavy atom. The Morgan fingerprint density at radius 1 is 1.14 bits per heavy atom. The zero-order valence-electron chi connectivity index (χ0n) is 11.8. The van der Waals surface area contributed by atoms with Gasteiger partial charge in [-0.1, -0.05) is 12.8 Å². The van der Waals surface area contributed by atoms with Crippen molar-refractivity contribution in [3.63, 3.8) is 0 Å². The number of hydrogen-bond donors (Lipinski definition) is 1. The molecule has 2 aromatic rings. The fourth-order valence-electron chi connectivity index (χ4n) is 2.57. The van der Waals surface area contributed by atoms with Crippen molar-refractivity contribution < 1.29 is 4.42 Å². The molecule has 1 aromatic carbocycles. The number of nitrogens with one attached hydrogen (secondary N) is 1. The summed E-state index contributed by atoms with van der Waals surface area (Å²) in [6, 6.07) is 14.1. The zero-order valence-corrected chi connectivity index (χ0v) is 12.7. The van der Waals surface area contributed by atoms with Crippen LogP contribution in [-0.4, -0.2) is 5.25 Å². The van der Waals surface area contributed by atoms with E-state index in [1.807, 2.05) is 23.9 Å². The van der Waals surface area contributed by atoms with E-state index in [1.165, 1.54) is 30.6 Å². The van der Waals surface area contributed by atoms with E-state index in [0.29, 0.717) is 12.3 Å². The summed E-state index contributed by atoms with van der Waals surface area (Å²) in [4.78, 5) is 1.34. The van der Waals surface area contributed by atoms with Crippen LogP contribution in [0.1, 0.15) is 37.2 Å². The first-order valence-electron chi connectivity index (χ1n) is 7.33. The largest absolute Gasteiger partial charge is 0.449 e. The van der Waals surface area contributed by atoms with E-state index in [-0.39, 0.29) is 0 Å². The topological polar surface area (TPSA) is 49.0 Å². The summed E-state index contributed by atoms with van der Waals surface area (Å²) in [5, 5.41) is 12.8. The minimum absolute atomic E-state index is 0.357. The molecule has 1 fully saturated rings. The van der Waals surface area contributed by atoms with Gasteiger partial charge in [0.15, 0.2) is 0 Å². The Bertz CT molecular complexity index is 621. The zero-order chi connectivity index (χ0) is 14.5. The summed E-state index contributed by atoms with van der Waals surface area (Å²) < 4.78 is 5.34. The third-order valence-electron chi connectivity index (χ3n) is 3.70. The average Bonchev–Trinajstić information content (AvgIpc) is 3.18. The second kappa shape index (κ2) is 6.73. The highest BCUT2D eigenvalue weighted by atomic mass is 32.2. The molecule has 0 radical (unpaired) electrons. The number of nitriles is 1. The molecule has 3 rings (SSSR count). The van der Waals surface area contributed by atoms with Crippen LogP contribution in [0.4, 0.5) is 5.69 Å². The highest BCUT2D eigenvalue weighted by Crippen LogP contribution is 2.34. The fourth-order valence-corrected chi connectivity index (χ4v) is 3.82. The van der Waals surface area contributed by atoms with E-state index < -0.39 is 0 Å². The molecule has 1 aliphatic rings. The van der Waals surface area contributed by atoms with Gasteiger partial charge >= 0.3 is 0 Å². The van der Waals surface area contributed by atoms with Gasteiger partial charge in [0.1, 0.15) is 11.8 Å². The lowest BCUT2D eigenvalue weighted by atomic mass is 10.3. The van der Waals surface area contributed by atoms with E-state index in [2.05, 4.69) is 29.6 Å². The van der Waals surface area contributed by atoms with Gasteiger partial charge in [-0.15, -0.1) is 11.8 Å². The minimum Gasteiger partial charge on any atom is -0.449 e. The molecule has 108 valence electrons. The molecule has 4 heteroatoms. The summed E-state index contributed by atoms with van der Waals surface area (Å²) in [6.45, 7) is 0.594. The van der Waals surface area contributed by atoms with Crippen molar-refractivity contribution in [2.45, 2.75) is 42.4 Å². The van der Waals surface area contributed by atoms with Crippen LogP contribution in [-0.2, 0) is 6.54 Å². The maximum absolute atomic E-state index is 8.72. The van der Waals surface area contributed by atoms with Crippen molar-refractivity contribution >= 4 is 17.4 Å². The molecule has 0 aliphatic heterocycles. The molecular weight excluding hydrogens is 280 g/mol. The van der Waals surface area contributed by atoms with Crippen molar-refractivity contribution in [1.82, 2.24) is 0 Å². The molecule has 0 amide bonds. The highest BCUT2D eigenvalue weighted by molar-refractivity contribution is 8.00. The molecule has 0 bridgehead atoms. The molecule has 0 saturated heterocycles. The first-order valence-corrected chi connectivity index (χ1v) is 8.21. The average molecular weight is 298 g/mol. The standard InChI is InChI=1S/C17H18N2OS/c18-11-14-7-8-15(20-14)12-19-13-5-9-17(10-6-13)21-16-3-1-2-4-16/h5-10,16,19H,1-4,12H2. The van der Waals surface area contributed by atoms with Crippen LogP contribution < -0.4 is 5.32 Å². The van der Waals surface area contributed by atoms with E-state index in [9.17, 15) is 0 Å². The van der Waals surface area contributed by atoms with Gasteiger partial charge in [0.25, 0.3) is 0 Å². The van der Waals surface area contributed by atoms with Crippen molar-refractivity contribution in [2.75, 3.05) is 5.32 Å². The van der Waals surface area contributed by atoms with Gasteiger partial charge in [0.2, 0.25) is 5.76 Å². The van der Waals surface area contributed by atoms with Gasteiger partial charge in [0.05, 0.1) is 6.54 Å². The number of furan rings is 1. The first-order chi connectivity index (χ1) is 10.3. The minimum atomic E-state index is 0.357. The molecule has 3 nitrogen and oxygen atoms in total. The van der Waals surface area contributed by atoms with E-state index in [0.717, 1.165) is 16.7 Å². The Labute approximate surface area is 129 Å². The molecule has 1 heterocycles. The van der Waals surface area contributed by atoms with Crippen LogP contribution in [0, 0.1) is 11.3 Å². The van der Waals surface area contributed by atoms with E-state index >= 15 is 0 Å². The number of thioether (sulfide) groups is 1. The van der Waals surface area contributed by atoms with Crippen LogP contribution in [0.25, 0.3) is 0 Å². The van der Waals surface area contributed by atoms with Crippen molar-refractivity contribution in [2.24, 2.45) is 0 Å². The summed E-state index contributed by atoms with van der Waals surface area (Å²) in [5.74, 6) is 1.13. The maximum Gasteiger partial charge on any atom is 0.203 e. The maximum atomic E-state index is 8.72. The summed E-state index contributed by atoms with van der Waals surface area (Å²) in [7, 11) is 0. The Hall–Kier alpha value is -1.86. The SMILES string of the molecule is N#Cc1ccc(CNc2ccc(SC3CCCC3)cc2)o1. The second-order valence-corrected chi connectivity index (χ2v) is 6.65. The summed E-state index contributed by atoms with van der Waals surface area (Å²) >= 11 is 2.00. The van der Waals surface area contributed by atoms with Crippen LogP contribution in [0.5, 0.6) is 0 Å². The number of anilines is 1. The lowest BCUT2D eigenvalue weighted by Crippen LogP contribution is -1.98. The van der Waals surface area contributed by atoms with Crippen LogP contribution in [0.15, 0.2) is 45.7 Å². The van der Waals surface area contributed by atoms with E-state index in [4.69, 9.17) is 9.68 Å². The lowest BCUT2D eigenvalue weighted by molar-refractivity contribution is 0.506. The molecular formula is C17H18N2OS. The van der Waals surface area contributed by atoms with Crippen LogP contribution >= 0.6 is 11.8 Å². The van der Waals surface area contributed by atoms with Gasteiger partial charge < -0.3 is 9.73 Å². The first kappa shape index (κ1) is 14.1. The van der Waals surface area contributed by atoms with Gasteiger partial charge in [-0.2, -0.15) is 5.26 Å². The molecule has 21 heavy (non-hydrogen) atoms. The van der Waals surface area contributed by atoms with Gasteiger partial charge in [-0.3, -0.25) is 0 Å².